The molecular weight excluding hydrogens is 476 g/mol. The van der Waals surface area contributed by atoms with Gasteiger partial charge in [0.25, 0.3) is 5.89 Å². The molecule has 160 valence electrons. The summed E-state index contributed by atoms with van der Waals surface area (Å²) in [5.74, 6) is 6.77. The zero-order valence-electron chi connectivity index (χ0n) is 16.5. The van der Waals surface area contributed by atoms with Crippen LogP contribution < -0.4 is 0 Å². The molecule has 31 heavy (non-hydrogen) atoms. The van der Waals surface area contributed by atoms with E-state index in [2.05, 4.69) is 16.8 Å². The summed E-state index contributed by atoms with van der Waals surface area (Å²) in [7, 11) is -1.87. The number of thioether (sulfide) groups is 1. The van der Waals surface area contributed by atoms with E-state index in [-0.39, 0.29) is 10.8 Å². The summed E-state index contributed by atoms with van der Waals surface area (Å²) < 4.78 is 29.7. The van der Waals surface area contributed by atoms with Gasteiger partial charge >= 0.3 is 0 Å². The van der Waals surface area contributed by atoms with Crippen LogP contribution in [0.15, 0.2) is 57.8 Å². The van der Waals surface area contributed by atoms with Crippen LogP contribution in [0, 0.1) is 11.8 Å². The van der Waals surface area contributed by atoms with Crippen molar-refractivity contribution in [1.29, 1.82) is 0 Å². The van der Waals surface area contributed by atoms with Gasteiger partial charge in [-0.05, 0) is 42.3 Å². The van der Waals surface area contributed by atoms with E-state index in [1.165, 1.54) is 30.9 Å². The van der Waals surface area contributed by atoms with Crippen LogP contribution >= 0.6 is 35.6 Å². The van der Waals surface area contributed by atoms with Crippen molar-refractivity contribution in [3.05, 3.63) is 59.4 Å². The average Bonchev–Trinajstić information content (AvgIpc) is 3.15. The number of hydrogen-bond acceptors (Lipinski definition) is 7. The highest BCUT2D eigenvalue weighted by Gasteiger charge is 2.17. The molecule has 0 unspecified atom stereocenters. The lowest BCUT2D eigenvalue weighted by Gasteiger charge is -2.07. The number of nitrogens with zero attached hydrogens (tertiary/aromatic N) is 2. The Labute approximate surface area is 195 Å². The van der Waals surface area contributed by atoms with Gasteiger partial charge in [-0.25, -0.2) is 18.5 Å². The SMILES string of the molecule is CN(O)C(=S)SCC#Cc1nc(-c2ccc(Cl)cc2)c(-c2ccc(S(C)(=O)=O)cc2)o1. The summed E-state index contributed by atoms with van der Waals surface area (Å²) in [5, 5.41) is 10.7. The molecule has 0 amide bonds. The van der Waals surface area contributed by atoms with E-state index in [1.807, 2.05) is 12.1 Å². The van der Waals surface area contributed by atoms with Gasteiger partial charge in [-0.1, -0.05) is 53.6 Å². The van der Waals surface area contributed by atoms with Crippen molar-refractivity contribution in [2.24, 2.45) is 0 Å². The molecule has 2 aromatic carbocycles. The Morgan fingerprint density at radius 2 is 1.81 bits per heavy atom. The Hall–Kier alpha value is -2.35. The van der Waals surface area contributed by atoms with Crippen molar-refractivity contribution in [1.82, 2.24) is 10.0 Å². The molecule has 0 saturated heterocycles. The monoisotopic (exact) mass is 492 g/mol. The molecule has 0 atom stereocenters. The fourth-order valence-electron chi connectivity index (χ4n) is 2.53. The first-order valence-electron chi connectivity index (χ1n) is 8.80. The Kier molecular flexibility index (Phi) is 7.41. The molecule has 0 aliphatic heterocycles. The first-order chi connectivity index (χ1) is 14.6. The maximum atomic E-state index is 11.7. The smallest absolute Gasteiger partial charge is 0.274 e. The van der Waals surface area contributed by atoms with Crippen LogP contribution in [-0.2, 0) is 9.84 Å². The number of sulfone groups is 1. The first kappa shape index (κ1) is 23.3. The minimum Gasteiger partial charge on any atom is -0.429 e. The summed E-state index contributed by atoms with van der Waals surface area (Å²) in [5.41, 5.74) is 2.00. The molecule has 0 bridgehead atoms. The molecule has 0 aliphatic carbocycles. The zero-order chi connectivity index (χ0) is 22.6. The van der Waals surface area contributed by atoms with Crippen molar-refractivity contribution in [3.63, 3.8) is 0 Å². The van der Waals surface area contributed by atoms with Crippen molar-refractivity contribution in [3.8, 4) is 34.4 Å². The van der Waals surface area contributed by atoms with Crippen LogP contribution in [0.1, 0.15) is 5.89 Å². The van der Waals surface area contributed by atoms with Gasteiger partial charge in [0.2, 0.25) is 0 Å². The topological polar surface area (TPSA) is 83.6 Å². The van der Waals surface area contributed by atoms with Gasteiger partial charge in [0.05, 0.1) is 10.6 Å². The lowest BCUT2D eigenvalue weighted by atomic mass is 10.1. The number of hydrogen-bond donors (Lipinski definition) is 1. The number of oxazole rings is 1. The van der Waals surface area contributed by atoms with E-state index in [0.29, 0.717) is 32.1 Å². The number of halogens is 1. The maximum absolute atomic E-state index is 11.7. The van der Waals surface area contributed by atoms with Gasteiger partial charge in [0.1, 0.15) is 5.69 Å². The molecular formula is C21H17ClN2O4S3. The number of benzene rings is 2. The van der Waals surface area contributed by atoms with Gasteiger partial charge in [0, 0.05) is 29.5 Å². The summed E-state index contributed by atoms with van der Waals surface area (Å²) in [4.78, 5) is 4.72. The Morgan fingerprint density at radius 1 is 1.19 bits per heavy atom. The van der Waals surface area contributed by atoms with E-state index in [1.54, 1.807) is 24.3 Å². The van der Waals surface area contributed by atoms with Crippen LogP contribution in [0.2, 0.25) is 5.02 Å². The second kappa shape index (κ2) is 9.85. The summed E-state index contributed by atoms with van der Waals surface area (Å²) in [6.07, 6.45) is 1.15. The minimum atomic E-state index is -3.31. The quantitative estimate of drug-likeness (QED) is 0.317. The van der Waals surface area contributed by atoms with E-state index in [0.717, 1.165) is 16.9 Å². The van der Waals surface area contributed by atoms with Crippen LogP contribution in [0.25, 0.3) is 22.6 Å². The molecule has 0 fully saturated rings. The standard InChI is InChI=1S/C21H17ClN2O4S3/c1-24(25)21(29)30-13-3-4-18-23-19(14-5-9-16(22)10-6-14)20(28-18)15-7-11-17(12-8-15)31(2,26)27/h5-12,25H,13H2,1-2H3. The van der Waals surface area contributed by atoms with Crippen LogP contribution in [0.4, 0.5) is 0 Å². The molecule has 1 N–H and O–H groups in total. The minimum absolute atomic E-state index is 0.205. The average molecular weight is 493 g/mol. The van der Waals surface area contributed by atoms with Crippen LogP contribution in [-0.4, -0.2) is 47.0 Å². The first-order valence-corrected chi connectivity index (χ1v) is 12.5. The van der Waals surface area contributed by atoms with E-state index in [9.17, 15) is 13.6 Å². The van der Waals surface area contributed by atoms with Crippen molar-refractivity contribution in [2.75, 3.05) is 19.1 Å². The Morgan fingerprint density at radius 3 is 2.39 bits per heavy atom. The number of rotatable bonds is 4. The third-order valence-corrected chi connectivity index (χ3v) is 6.81. The number of thiocarbonyl (C=S) groups is 1. The molecule has 0 radical (unpaired) electrons. The number of hydroxylamine groups is 2. The number of aromatic nitrogens is 1. The lowest BCUT2D eigenvalue weighted by molar-refractivity contribution is 0.0205. The van der Waals surface area contributed by atoms with Gasteiger partial charge in [-0.15, -0.1) is 0 Å². The van der Waals surface area contributed by atoms with E-state index < -0.39 is 9.84 Å². The highest BCUT2D eigenvalue weighted by Crippen LogP contribution is 2.33. The molecule has 0 aliphatic rings. The van der Waals surface area contributed by atoms with Crippen molar-refractivity contribution in [2.45, 2.75) is 4.90 Å². The second-order valence-corrected chi connectivity index (χ2v) is 10.4. The lowest BCUT2D eigenvalue weighted by Crippen LogP contribution is -2.17. The van der Waals surface area contributed by atoms with Crippen LogP contribution in [0.3, 0.4) is 0 Å². The molecule has 0 spiro atoms. The van der Waals surface area contributed by atoms with Crippen molar-refractivity contribution >= 4 is 49.7 Å². The zero-order valence-corrected chi connectivity index (χ0v) is 19.7. The highest BCUT2D eigenvalue weighted by molar-refractivity contribution is 8.23. The van der Waals surface area contributed by atoms with Gasteiger partial charge in [0.15, 0.2) is 19.9 Å². The molecule has 6 nitrogen and oxygen atoms in total. The summed E-state index contributed by atoms with van der Waals surface area (Å²) in [6, 6.07) is 13.5. The third kappa shape index (κ3) is 6.09. The van der Waals surface area contributed by atoms with E-state index >= 15 is 0 Å². The fraction of sp³-hybridized carbons (Fsp3) is 0.143. The third-order valence-electron chi connectivity index (χ3n) is 4.02. The largest absolute Gasteiger partial charge is 0.429 e. The van der Waals surface area contributed by atoms with Crippen LogP contribution in [0.5, 0.6) is 0 Å². The fourth-order valence-corrected chi connectivity index (χ4v) is 3.92. The maximum Gasteiger partial charge on any atom is 0.274 e. The molecule has 0 saturated carbocycles. The van der Waals surface area contributed by atoms with Gasteiger partial charge in [-0.3, -0.25) is 5.21 Å². The molecule has 3 rings (SSSR count). The van der Waals surface area contributed by atoms with Crippen molar-refractivity contribution < 1.29 is 18.0 Å². The molecule has 1 aromatic heterocycles. The second-order valence-electron chi connectivity index (χ2n) is 6.38. The predicted octanol–water partition coefficient (Wildman–Crippen LogP) is 4.76. The highest BCUT2D eigenvalue weighted by atomic mass is 35.5. The van der Waals surface area contributed by atoms with Gasteiger partial charge in [-0.2, -0.15) is 0 Å². The summed E-state index contributed by atoms with van der Waals surface area (Å²) >= 11 is 12.2. The van der Waals surface area contributed by atoms with Gasteiger partial charge < -0.3 is 4.42 Å². The summed E-state index contributed by atoms with van der Waals surface area (Å²) in [6.45, 7) is 0. The molecule has 1 heterocycles. The Balaban J connectivity index is 1.97. The molecule has 3 aromatic rings. The predicted molar refractivity (Wildman–Crippen MR) is 127 cm³/mol. The van der Waals surface area contributed by atoms with E-state index in [4.69, 9.17) is 28.2 Å². The molecule has 10 heteroatoms. The normalized spacial score (nSPS) is 11.0. The Bertz CT molecular complexity index is 1260.